The summed E-state index contributed by atoms with van der Waals surface area (Å²) in [5, 5.41) is 3.86. The lowest BCUT2D eigenvalue weighted by Crippen LogP contribution is -2.38. The van der Waals surface area contributed by atoms with E-state index in [1.807, 2.05) is 19.1 Å². The van der Waals surface area contributed by atoms with Gasteiger partial charge in [-0.1, -0.05) is 91.0 Å². The summed E-state index contributed by atoms with van der Waals surface area (Å²) in [5.41, 5.74) is 4.07. The molecule has 0 saturated heterocycles. The summed E-state index contributed by atoms with van der Waals surface area (Å²) in [4.78, 5) is 0. The Morgan fingerprint density at radius 3 is 1.38 bits per heavy atom. The SMILES string of the molecule is CCOc1ccc(NC(c2ccccc2)(c2ccccc2)c2ccccc2)cc1. The molecule has 144 valence electrons. The van der Waals surface area contributed by atoms with E-state index in [9.17, 15) is 0 Å². The Kier molecular flexibility index (Phi) is 5.62. The molecule has 0 radical (unpaired) electrons. The van der Waals surface area contributed by atoms with E-state index < -0.39 is 5.54 Å². The van der Waals surface area contributed by atoms with E-state index >= 15 is 0 Å². The number of hydrogen-bond acceptors (Lipinski definition) is 2. The number of benzene rings is 4. The third-order valence-electron chi connectivity index (χ3n) is 5.12. The van der Waals surface area contributed by atoms with Gasteiger partial charge in [0.15, 0.2) is 0 Å². The largest absolute Gasteiger partial charge is 0.494 e. The fourth-order valence-corrected chi connectivity index (χ4v) is 3.80. The molecule has 0 aromatic heterocycles. The molecule has 0 aliphatic carbocycles. The summed E-state index contributed by atoms with van der Waals surface area (Å²) < 4.78 is 5.62. The molecule has 0 atom stereocenters. The first-order valence-corrected chi connectivity index (χ1v) is 10.0. The van der Waals surface area contributed by atoms with Gasteiger partial charge in [-0.25, -0.2) is 0 Å². The average molecular weight is 380 g/mol. The predicted molar refractivity (Wildman–Crippen MR) is 120 cm³/mol. The summed E-state index contributed by atoms with van der Waals surface area (Å²) in [6, 6.07) is 40.0. The van der Waals surface area contributed by atoms with Crippen LogP contribution in [0.15, 0.2) is 115 Å². The number of rotatable bonds is 7. The van der Waals surface area contributed by atoms with Crippen molar-refractivity contribution in [2.24, 2.45) is 0 Å². The predicted octanol–water partition coefficient (Wildman–Crippen LogP) is 6.49. The van der Waals surface area contributed by atoms with Crippen LogP contribution < -0.4 is 10.1 Å². The maximum absolute atomic E-state index is 5.62. The highest BCUT2D eigenvalue weighted by molar-refractivity contribution is 5.60. The van der Waals surface area contributed by atoms with Crippen LogP contribution in [0.3, 0.4) is 0 Å². The first-order valence-electron chi connectivity index (χ1n) is 10.0. The van der Waals surface area contributed by atoms with Gasteiger partial charge in [0.05, 0.1) is 6.61 Å². The minimum atomic E-state index is -0.517. The smallest absolute Gasteiger partial charge is 0.119 e. The van der Waals surface area contributed by atoms with Crippen LogP contribution in [0, 0.1) is 0 Å². The number of anilines is 1. The fourth-order valence-electron chi connectivity index (χ4n) is 3.80. The molecule has 4 aromatic rings. The van der Waals surface area contributed by atoms with E-state index in [2.05, 4.69) is 108 Å². The van der Waals surface area contributed by atoms with E-state index in [0.717, 1.165) is 11.4 Å². The van der Waals surface area contributed by atoms with Crippen molar-refractivity contribution >= 4 is 5.69 Å². The Morgan fingerprint density at radius 2 is 1.00 bits per heavy atom. The van der Waals surface area contributed by atoms with E-state index in [0.29, 0.717) is 6.61 Å². The zero-order valence-electron chi connectivity index (χ0n) is 16.6. The van der Waals surface area contributed by atoms with Crippen LogP contribution in [0.5, 0.6) is 5.75 Å². The first kappa shape index (κ1) is 18.8. The Labute approximate surface area is 172 Å². The van der Waals surface area contributed by atoms with Crippen LogP contribution in [-0.2, 0) is 5.54 Å². The summed E-state index contributed by atoms with van der Waals surface area (Å²) in [7, 11) is 0. The molecule has 0 unspecified atom stereocenters. The molecule has 1 N–H and O–H groups in total. The van der Waals surface area contributed by atoms with Crippen molar-refractivity contribution in [1.82, 2.24) is 0 Å². The zero-order chi connectivity index (χ0) is 19.9. The second kappa shape index (κ2) is 8.66. The number of nitrogens with one attached hydrogen (secondary N) is 1. The van der Waals surface area contributed by atoms with Crippen molar-refractivity contribution < 1.29 is 4.74 Å². The molecular weight excluding hydrogens is 354 g/mol. The monoisotopic (exact) mass is 379 g/mol. The number of hydrogen-bond donors (Lipinski definition) is 1. The first-order chi connectivity index (χ1) is 14.3. The van der Waals surface area contributed by atoms with Gasteiger partial charge in [-0.15, -0.1) is 0 Å². The summed E-state index contributed by atoms with van der Waals surface area (Å²) in [6.45, 7) is 2.66. The van der Waals surface area contributed by atoms with Crippen molar-refractivity contribution in [3.63, 3.8) is 0 Å². The molecule has 4 aromatic carbocycles. The van der Waals surface area contributed by atoms with Gasteiger partial charge in [0, 0.05) is 5.69 Å². The highest BCUT2D eigenvalue weighted by Gasteiger charge is 2.36. The van der Waals surface area contributed by atoms with E-state index in [1.165, 1.54) is 16.7 Å². The van der Waals surface area contributed by atoms with Crippen molar-refractivity contribution in [3.8, 4) is 5.75 Å². The molecule has 0 bridgehead atoms. The second-order valence-electron chi connectivity index (χ2n) is 6.93. The maximum atomic E-state index is 5.62. The highest BCUT2D eigenvalue weighted by Crippen LogP contribution is 2.40. The lowest BCUT2D eigenvalue weighted by molar-refractivity contribution is 0.340. The van der Waals surface area contributed by atoms with Crippen LogP contribution in [0.2, 0.25) is 0 Å². The molecule has 0 saturated carbocycles. The lowest BCUT2D eigenvalue weighted by Gasteiger charge is -2.38. The van der Waals surface area contributed by atoms with Crippen molar-refractivity contribution in [1.29, 1.82) is 0 Å². The minimum absolute atomic E-state index is 0.517. The zero-order valence-corrected chi connectivity index (χ0v) is 16.6. The van der Waals surface area contributed by atoms with E-state index in [1.54, 1.807) is 0 Å². The highest BCUT2D eigenvalue weighted by atomic mass is 16.5. The third kappa shape index (κ3) is 3.88. The Hall–Kier alpha value is -3.52. The minimum Gasteiger partial charge on any atom is -0.494 e. The average Bonchev–Trinajstić information content (AvgIpc) is 2.80. The van der Waals surface area contributed by atoms with Crippen LogP contribution in [-0.4, -0.2) is 6.61 Å². The summed E-state index contributed by atoms with van der Waals surface area (Å²) >= 11 is 0. The van der Waals surface area contributed by atoms with Crippen molar-refractivity contribution in [2.75, 3.05) is 11.9 Å². The molecular formula is C27H25NO. The van der Waals surface area contributed by atoms with Gasteiger partial charge in [-0.3, -0.25) is 0 Å². The van der Waals surface area contributed by atoms with E-state index in [4.69, 9.17) is 4.74 Å². The summed E-state index contributed by atoms with van der Waals surface area (Å²) in [5.74, 6) is 0.878. The molecule has 0 aliphatic rings. The van der Waals surface area contributed by atoms with Crippen LogP contribution in [0.1, 0.15) is 23.6 Å². The van der Waals surface area contributed by atoms with Crippen LogP contribution >= 0.6 is 0 Å². The van der Waals surface area contributed by atoms with E-state index in [-0.39, 0.29) is 0 Å². The van der Waals surface area contributed by atoms with Gasteiger partial charge >= 0.3 is 0 Å². The molecule has 0 amide bonds. The van der Waals surface area contributed by atoms with Gasteiger partial charge in [0.25, 0.3) is 0 Å². The molecule has 2 nitrogen and oxygen atoms in total. The molecule has 29 heavy (non-hydrogen) atoms. The normalized spacial score (nSPS) is 11.1. The number of ether oxygens (including phenoxy) is 1. The Bertz CT molecular complexity index is 916. The van der Waals surface area contributed by atoms with Gasteiger partial charge in [0.1, 0.15) is 11.3 Å². The lowest BCUT2D eigenvalue weighted by atomic mass is 9.77. The molecule has 0 fully saturated rings. The van der Waals surface area contributed by atoms with Gasteiger partial charge in [0.2, 0.25) is 0 Å². The molecule has 0 aliphatic heterocycles. The summed E-state index contributed by atoms with van der Waals surface area (Å²) in [6.07, 6.45) is 0. The van der Waals surface area contributed by atoms with Crippen LogP contribution in [0.4, 0.5) is 5.69 Å². The van der Waals surface area contributed by atoms with Crippen LogP contribution in [0.25, 0.3) is 0 Å². The molecule has 0 heterocycles. The maximum Gasteiger partial charge on any atom is 0.119 e. The van der Waals surface area contributed by atoms with Crippen molar-refractivity contribution in [2.45, 2.75) is 12.5 Å². The molecule has 0 spiro atoms. The Morgan fingerprint density at radius 1 is 0.586 bits per heavy atom. The van der Waals surface area contributed by atoms with Gasteiger partial charge in [-0.2, -0.15) is 0 Å². The van der Waals surface area contributed by atoms with Gasteiger partial charge in [-0.05, 0) is 47.9 Å². The van der Waals surface area contributed by atoms with Gasteiger partial charge < -0.3 is 10.1 Å². The molecule has 2 heteroatoms. The van der Waals surface area contributed by atoms with Crippen molar-refractivity contribution in [3.05, 3.63) is 132 Å². The Balaban J connectivity index is 1.90. The fraction of sp³-hybridized carbons (Fsp3) is 0.111. The topological polar surface area (TPSA) is 21.3 Å². The molecule has 4 rings (SSSR count). The third-order valence-corrected chi connectivity index (χ3v) is 5.12. The second-order valence-corrected chi connectivity index (χ2v) is 6.93. The standard InChI is InChI=1S/C27H25NO/c1-2-29-26-20-18-25(19-21-26)28-27(22-12-6-3-7-13-22,23-14-8-4-9-15-23)24-16-10-5-11-17-24/h3-21,28H,2H2,1H3. The quantitative estimate of drug-likeness (QED) is 0.371.